The normalized spacial score (nSPS) is 25.9. The lowest BCUT2D eigenvalue weighted by atomic mass is 9.88. The zero-order valence-electron chi connectivity index (χ0n) is 8.57. The first-order valence-electron chi connectivity index (χ1n) is 5.28. The number of nitrogens with two attached hydrogens (primary N) is 1. The largest absolute Gasteiger partial charge is 0.323 e. The number of benzene rings is 1. The van der Waals surface area contributed by atoms with E-state index in [-0.39, 0.29) is 6.04 Å². The summed E-state index contributed by atoms with van der Waals surface area (Å²) < 4.78 is 0. The summed E-state index contributed by atoms with van der Waals surface area (Å²) in [7, 11) is 0. The zero-order valence-corrected chi connectivity index (χ0v) is 9.39. The molecule has 1 aromatic carbocycles. The van der Waals surface area contributed by atoms with Crippen molar-refractivity contribution in [1.29, 1.82) is 0 Å². The van der Waals surface area contributed by atoms with Crippen LogP contribution in [0.25, 0.3) is 0 Å². The molecule has 14 heavy (non-hydrogen) atoms. The summed E-state index contributed by atoms with van der Waals surface area (Å²) in [5, 5.41) is 0.620. The number of hydrogen-bond acceptors (Lipinski definition) is 2. The Kier molecular flexibility index (Phi) is 3.14. The first-order chi connectivity index (χ1) is 6.83. The molecule has 1 nitrogen and oxygen atoms in total. The van der Waals surface area contributed by atoms with Crippen molar-refractivity contribution >= 4 is 11.8 Å². The van der Waals surface area contributed by atoms with Crippen LogP contribution in [0.1, 0.15) is 30.5 Å². The standard InChI is InChI=1S/C12H17NS/c1-2-14-11-8-7-9-5-3-4-6-10(9)12(11)13/h3-6,11-12H,2,7-8,13H2,1H3. The van der Waals surface area contributed by atoms with Crippen LogP contribution in [0.15, 0.2) is 24.3 Å². The maximum absolute atomic E-state index is 6.26. The summed E-state index contributed by atoms with van der Waals surface area (Å²) in [6.45, 7) is 2.21. The van der Waals surface area contributed by atoms with Gasteiger partial charge in [-0.25, -0.2) is 0 Å². The molecule has 0 fully saturated rings. The molecule has 0 heterocycles. The summed E-state index contributed by atoms with van der Waals surface area (Å²) in [4.78, 5) is 0. The molecule has 0 radical (unpaired) electrons. The van der Waals surface area contributed by atoms with Crippen LogP contribution in [0, 0.1) is 0 Å². The lowest BCUT2D eigenvalue weighted by Crippen LogP contribution is -2.29. The third-order valence-corrected chi connectivity index (χ3v) is 4.18. The van der Waals surface area contributed by atoms with Gasteiger partial charge in [-0.2, -0.15) is 11.8 Å². The van der Waals surface area contributed by atoms with E-state index in [2.05, 4.69) is 31.2 Å². The van der Waals surface area contributed by atoms with Crippen LogP contribution in [0.4, 0.5) is 0 Å². The van der Waals surface area contributed by atoms with E-state index >= 15 is 0 Å². The van der Waals surface area contributed by atoms with Crippen LogP contribution in [0.3, 0.4) is 0 Å². The first-order valence-corrected chi connectivity index (χ1v) is 6.32. The molecule has 2 atom stereocenters. The van der Waals surface area contributed by atoms with E-state index in [0.717, 1.165) is 0 Å². The van der Waals surface area contributed by atoms with Gasteiger partial charge >= 0.3 is 0 Å². The second-order valence-corrected chi connectivity index (χ2v) is 5.27. The summed E-state index contributed by atoms with van der Waals surface area (Å²) >= 11 is 2.00. The lowest BCUT2D eigenvalue weighted by Gasteiger charge is -2.30. The Morgan fingerprint density at radius 2 is 2.21 bits per heavy atom. The van der Waals surface area contributed by atoms with Crippen LogP contribution >= 0.6 is 11.8 Å². The maximum Gasteiger partial charge on any atom is 0.0418 e. The van der Waals surface area contributed by atoms with Crippen molar-refractivity contribution in [3.05, 3.63) is 35.4 Å². The average Bonchev–Trinajstić information content (AvgIpc) is 2.23. The molecule has 0 spiro atoms. The molecule has 1 aliphatic rings. The van der Waals surface area contributed by atoms with E-state index in [1.54, 1.807) is 0 Å². The topological polar surface area (TPSA) is 26.0 Å². The van der Waals surface area contributed by atoms with Crippen LogP contribution < -0.4 is 5.73 Å². The number of rotatable bonds is 2. The minimum absolute atomic E-state index is 0.241. The van der Waals surface area contributed by atoms with Gasteiger partial charge in [0.1, 0.15) is 0 Å². The lowest BCUT2D eigenvalue weighted by molar-refractivity contribution is 0.587. The third kappa shape index (κ3) is 1.82. The van der Waals surface area contributed by atoms with Crippen LogP contribution in [-0.2, 0) is 6.42 Å². The van der Waals surface area contributed by atoms with Gasteiger partial charge in [0.15, 0.2) is 0 Å². The second-order valence-electron chi connectivity index (χ2n) is 3.76. The van der Waals surface area contributed by atoms with Crippen LogP contribution in [-0.4, -0.2) is 11.0 Å². The van der Waals surface area contributed by atoms with E-state index in [0.29, 0.717) is 5.25 Å². The molecule has 1 aliphatic carbocycles. The number of fused-ring (bicyclic) bond motifs is 1. The van der Waals surface area contributed by atoms with Gasteiger partial charge in [-0.05, 0) is 29.7 Å². The minimum atomic E-state index is 0.241. The van der Waals surface area contributed by atoms with Crippen molar-refractivity contribution < 1.29 is 0 Å². The maximum atomic E-state index is 6.26. The van der Waals surface area contributed by atoms with Crippen molar-refractivity contribution in [2.45, 2.75) is 31.1 Å². The fourth-order valence-corrected chi connectivity index (χ4v) is 3.23. The smallest absolute Gasteiger partial charge is 0.0418 e. The van der Waals surface area contributed by atoms with Crippen molar-refractivity contribution in [1.82, 2.24) is 0 Å². The van der Waals surface area contributed by atoms with Gasteiger partial charge in [-0.3, -0.25) is 0 Å². The molecule has 2 heteroatoms. The molecular weight excluding hydrogens is 190 g/mol. The predicted octanol–water partition coefficient (Wildman–Crippen LogP) is 2.75. The Morgan fingerprint density at radius 1 is 1.43 bits per heavy atom. The molecular formula is C12H17NS. The zero-order chi connectivity index (χ0) is 9.97. The highest BCUT2D eigenvalue weighted by Gasteiger charge is 2.25. The van der Waals surface area contributed by atoms with Gasteiger partial charge in [-0.15, -0.1) is 0 Å². The van der Waals surface area contributed by atoms with Crippen molar-refractivity contribution in [3.8, 4) is 0 Å². The predicted molar refractivity (Wildman–Crippen MR) is 63.6 cm³/mol. The third-order valence-electron chi connectivity index (χ3n) is 2.89. The second kappa shape index (κ2) is 4.37. The number of aryl methyl sites for hydroxylation is 1. The highest BCUT2D eigenvalue weighted by atomic mass is 32.2. The quantitative estimate of drug-likeness (QED) is 0.807. The first kappa shape index (κ1) is 10.1. The molecule has 0 bridgehead atoms. The van der Waals surface area contributed by atoms with Crippen LogP contribution in [0.2, 0.25) is 0 Å². The van der Waals surface area contributed by atoms with E-state index in [4.69, 9.17) is 5.73 Å². The van der Waals surface area contributed by atoms with E-state index in [1.807, 2.05) is 11.8 Å². The summed E-state index contributed by atoms with van der Waals surface area (Å²) in [6.07, 6.45) is 2.43. The molecule has 0 amide bonds. The molecule has 2 N–H and O–H groups in total. The van der Waals surface area contributed by atoms with E-state index < -0.39 is 0 Å². The molecule has 0 aromatic heterocycles. The molecule has 76 valence electrons. The molecule has 2 rings (SSSR count). The Hall–Kier alpha value is -0.470. The minimum Gasteiger partial charge on any atom is -0.323 e. The van der Waals surface area contributed by atoms with E-state index in [9.17, 15) is 0 Å². The summed E-state index contributed by atoms with van der Waals surface area (Å²) in [5.41, 5.74) is 9.07. The monoisotopic (exact) mass is 207 g/mol. The fourth-order valence-electron chi connectivity index (χ4n) is 2.17. The van der Waals surface area contributed by atoms with Crippen molar-refractivity contribution in [2.24, 2.45) is 5.73 Å². The molecule has 0 saturated heterocycles. The molecule has 0 saturated carbocycles. The summed E-state index contributed by atoms with van der Waals surface area (Å²) in [6, 6.07) is 8.84. The highest BCUT2D eigenvalue weighted by Crippen LogP contribution is 2.34. The Bertz CT molecular complexity index is 311. The van der Waals surface area contributed by atoms with Crippen LogP contribution in [0.5, 0.6) is 0 Å². The van der Waals surface area contributed by atoms with E-state index in [1.165, 1.54) is 29.7 Å². The Balaban J connectivity index is 2.22. The molecule has 0 aliphatic heterocycles. The van der Waals surface area contributed by atoms with Crippen molar-refractivity contribution in [3.63, 3.8) is 0 Å². The van der Waals surface area contributed by atoms with Gasteiger partial charge < -0.3 is 5.73 Å². The van der Waals surface area contributed by atoms with Gasteiger partial charge in [0, 0.05) is 11.3 Å². The van der Waals surface area contributed by atoms with Gasteiger partial charge in [0.05, 0.1) is 0 Å². The fraction of sp³-hybridized carbons (Fsp3) is 0.500. The number of hydrogen-bond donors (Lipinski definition) is 1. The van der Waals surface area contributed by atoms with Crippen molar-refractivity contribution in [2.75, 3.05) is 5.75 Å². The average molecular weight is 207 g/mol. The number of thioether (sulfide) groups is 1. The van der Waals surface area contributed by atoms with Gasteiger partial charge in [0.25, 0.3) is 0 Å². The van der Waals surface area contributed by atoms with Gasteiger partial charge in [0.2, 0.25) is 0 Å². The highest BCUT2D eigenvalue weighted by molar-refractivity contribution is 7.99. The molecule has 2 unspecified atom stereocenters. The molecule has 1 aromatic rings. The Morgan fingerprint density at radius 3 is 3.00 bits per heavy atom. The Labute approximate surface area is 90.1 Å². The SMILES string of the molecule is CCSC1CCc2ccccc2C1N. The van der Waals surface area contributed by atoms with Gasteiger partial charge in [-0.1, -0.05) is 31.2 Å². The summed E-state index contributed by atoms with van der Waals surface area (Å²) in [5.74, 6) is 1.17.